The largest absolute Gasteiger partial charge is 0.494 e. The van der Waals surface area contributed by atoms with Gasteiger partial charge in [0.2, 0.25) is 5.82 Å². The minimum atomic E-state index is -0.220. The molecular weight excluding hydrogens is 170 g/mol. The quantitative estimate of drug-likeness (QED) is 0.653. The molecule has 0 fully saturated rings. The van der Waals surface area contributed by atoms with Crippen molar-refractivity contribution in [3.8, 4) is 5.75 Å². The van der Waals surface area contributed by atoms with Crippen LogP contribution in [0.4, 0.5) is 0 Å². The first-order valence-corrected chi connectivity index (χ1v) is 3.73. The highest BCUT2D eigenvalue weighted by atomic mass is 16.5. The molecular formula is C8H11N3O2. The van der Waals surface area contributed by atoms with Crippen LogP contribution < -0.4 is 4.74 Å². The molecule has 13 heavy (non-hydrogen) atoms. The smallest absolute Gasteiger partial charge is 0.291 e. The van der Waals surface area contributed by atoms with Crippen molar-refractivity contribution in [2.45, 2.75) is 0 Å². The van der Waals surface area contributed by atoms with Gasteiger partial charge >= 0.3 is 0 Å². The van der Waals surface area contributed by atoms with Gasteiger partial charge in [-0.2, -0.15) is 0 Å². The molecule has 1 amide bonds. The van der Waals surface area contributed by atoms with Gasteiger partial charge < -0.3 is 9.64 Å². The van der Waals surface area contributed by atoms with E-state index in [0.717, 1.165) is 0 Å². The molecule has 70 valence electrons. The summed E-state index contributed by atoms with van der Waals surface area (Å²) in [7, 11) is 4.82. The molecule has 0 aliphatic carbocycles. The average molecular weight is 181 g/mol. The standard InChI is InChI=1S/C8H11N3O2/c1-11(2)8(12)7-9-4-6(13-3)5-10-7/h4-5H,1-3H3. The molecule has 1 aromatic heterocycles. The van der Waals surface area contributed by atoms with Crippen molar-refractivity contribution in [2.75, 3.05) is 21.2 Å². The highest BCUT2D eigenvalue weighted by Crippen LogP contribution is 2.04. The Balaban J connectivity index is 2.86. The van der Waals surface area contributed by atoms with Crippen LogP contribution >= 0.6 is 0 Å². The van der Waals surface area contributed by atoms with Crippen LogP contribution in [0.1, 0.15) is 10.6 Å². The van der Waals surface area contributed by atoms with Crippen LogP contribution in [-0.2, 0) is 0 Å². The lowest BCUT2D eigenvalue weighted by Crippen LogP contribution is -2.23. The molecule has 5 nitrogen and oxygen atoms in total. The number of carbonyl (C=O) groups excluding carboxylic acids is 1. The van der Waals surface area contributed by atoms with Crippen molar-refractivity contribution in [3.63, 3.8) is 0 Å². The van der Waals surface area contributed by atoms with Crippen LogP contribution in [0.15, 0.2) is 12.4 Å². The highest BCUT2D eigenvalue weighted by molar-refractivity contribution is 5.89. The summed E-state index contributed by atoms with van der Waals surface area (Å²) >= 11 is 0. The van der Waals surface area contributed by atoms with Crippen LogP contribution in [0.5, 0.6) is 5.75 Å². The number of nitrogens with zero attached hydrogens (tertiary/aromatic N) is 3. The lowest BCUT2D eigenvalue weighted by atomic mass is 10.5. The normalized spacial score (nSPS) is 9.46. The minimum Gasteiger partial charge on any atom is -0.494 e. The lowest BCUT2D eigenvalue weighted by Gasteiger charge is -2.08. The molecule has 0 atom stereocenters. The van der Waals surface area contributed by atoms with Crippen LogP contribution in [0, 0.1) is 0 Å². The van der Waals surface area contributed by atoms with Crippen LogP contribution in [0.2, 0.25) is 0 Å². The summed E-state index contributed by atoms with van der Waals surface area (Å²) in [6.07, 6.45) is 2.92. The molecule has 1 aromatic rings. The van der Waals surface area contributed by atoms with Crippen LogP contribution in [-0.4, -0.2) is 42.0 Å². The summed E-state index contributed by atoms with van der Waals surface area (Å²) in [6, 6.07) is 0. The molecule has 0 saturated carbocycles. The third kappa shape index (κ3) is 2.14. The van der Waals surface area contributed by atoms with E-state index >= 15 is 0 Å². The van der Waals surface area contributed by atoms with Crippen LogP contribution in [0.3, 0.4) is 0 Å². The Kier molecular flexibility index (Phi) is 2.79. The van der Waals surface area contributed by atoms with E-state index in [-0.39, 0.29) is 11.7 Å². The van der Waals surface area contributed by atoms with Crippen molar-refractivity contribution in [2.24, 2.45) is 0 Å². The van der Waals surface area contributed by atoms with Gasteiger partial charge in [0, 0.05) is 14.1 Å². The van der Waals surface area contributed by atoms with Gasteiger partial charge in [0.05, 0.1) is 19.5 Å². The highest BCUT2D eigenvalue weighted by Gasteiger charge is 2.10. The number of methoxy groups -OCH3 is 1. The molecule has 0 aliphatic heterocycles. The Morgan fingerprint density at radius 1 is 1.38 bits per heavy atom. The maximum Gasteiger partial charge on any atom is 0.291 e. The first-order valence-electron chi connectivity index (χ1n) is 3.73. The zero-order valence-corrected chi connectivity index (χ0v) is 7.81. The van der Waals surface area contributed by atoms with Crippen molar-refractivity contribution in [3.05, 3.63) is 18.2 Å². The third-order valence-corrected chi connectivity index (χ3v) is 1.46. The molecule has 1 heterocycles. The SMILES string of the molecule is COc1cnc(C(=O)N(C)C)nc1. The number of hydrogen-bond acceptors (Lipinski definition) is 4. The molecule has 0 N–H and O–H groups in total. The maximum absolute atomic E-state index is 11.3. The zero-order chi connectivity index (χ0) is 9.84. The van der Waals surface area contributed by atoms with E-state index in [9.17, 15) is 4.79 Å². The van der Waals surface area contributed by atoms with E-state index in [4.69, 9.17) is 4.74 Å². The summed E-state index contributed by atoms with van der Waals surface area (Å²) in [5.74, 6) is 0.490. The van der Waals surface area contributed by atoms with E-state index < -0.39 is 0 Å². The fraction of sp³-hybridized carbons (Fsp3) is 0.375. The van der Waals surface area contributed by atoms with Gasteiger partial charge in [-0.25, -0.2) is 9.97 Å². The van der Waals surface area contributed by atoms with Gasteiger partial charge in [-0.05, 0) is 0 Å². The Hall–Kier alpha value is -1.65. The Labute approximate surface area is 76.4 Å². The zero-order valence-electron chi connectivity index (χ0n) is 7.81. The summed E-state index contributed by atoms with van der Waals surface area (Å²) in [4.78, 5) is 20.4. The number of rotatable bonds is 2. The topological polar surface area (TPSA) is 55.3 Å². The molecule has 1 rings (SSSR count). The van der Waals surface area contributed by atoms with E-state index in [0.29, 0.717) is 5.75 Å². The molecule has 0 aliphatic rings. The van der Waals surface area contributed by atoms with Gasteiger partial charge in [0.25, 0.3) is 5.91 Å². The molecule has 0 radical (unpaired) electrons. The van der Waals surface area contributed by atoms with Crippen molar-refractivity contribution in [1.29, 1.82) is 0 Å². The molecule has 0 bridgehead atoms. The third-order valence-electron chi connectivity index (χ3n) is 1.46. The fourth-order valence-corrected chi connectivity index (χ4v) is 0.732. The summed E-state index contributed by atoms with van der Waals surface area (Å²) in [5, 5.41) is 0. The summed E-state index contributed by atoms with van der Waals surface area (Å²) < 4.78 is 4.86. The molecule has 0 spiro atoms. The predicted molar refractivity (Wildman–Crippen MR) is 46.6 cm³/mol. The predicted octanol–water partition coefficient (Wildman–Crippen LogP) is 0.187. The van der Waals surface area contributed by atoms with Gasteiger partial charge in [-0.1, -0.05) is 0 Å². The van der Waals surface area contributed by atoms with Crippen molar-refractivity contribution >= 4 is 5.91 Å². The van der Waals surface area contributed by atoms with E-state index in [1.54, 1.807) is 14.1 Å². The summed E-state index contributed by atoms with van der Waals surface area (Å²) in [5.41, 5.74) is 0. The Morgan fingerprint density at radius 2 is 1.92 bits per heavy atom. The fourth-order valence-electron chi connectivity index (χ4n) is 0.732. The van der Waals surface area contributed by atoms with Gasteiger partial charge in [-0.15, -0.1) is 0 Å². The maximum atomic E-state index is 11.3. The Morgan fingerprint density at radius 3 is 2.31 bits per heavy atom. The van der Waals surface area contributed by atoms with Gasteiger partial charge in [0.15, 0.2) is 5.75 Å². The second-order valence-corrected chi connectivity index (χ2v) is 2.65. The van der Waals surface area contributed by atoms with E-state index in [1.807, 2.05) is 0 Å². The molecule has 5 heteroatoms. The number of ether oxygens (including phenoxy) is 1. The second-order valence-electron chi connectivity index (χ2n) is 2.65. The minimum absolute atomic E-state index is 0.172. The first-order chi connectivity index (χ1) is 6.15. The molecule has 0 unspecified atom stereocenters. The number of carbonyl (C=O) groups is 1. The van der Waals surface area contributed by atoms with Crippen molar-refractivity contribution in [1.82, 2.24) is 14.9 Å². The number of aromatic nitrogens is 2. The van der Waals surface area contributed by atoms with Crippen molar-refractivity contribution < 1.29 is 9.53 Å². The average Bonchev–Trinajstić information content (AvgIpc) is 2.17. The first kappa shape index (κ1) is 9.44. The monoisotopic (exact) mass is 181 g/mol. The molecule has 0 saturated heterocycles. The van der Waals surface area contributed by atoms with Crippen LogP contribution in [0.25, 0.3) is 0 Å². The summed E-state index contributed by atoms with van der Waals surface area (Å²) in [6.45, 7) is 0. The number of hydrogen-bond donors (Lipinski definition) is 0. The molecule has 0 aromatic carbocycles. The van der Waals surface area contributed by atoms with E-state index in [1.165, 1.54) is 24.4 Å². The van der Waals surface area contributed by atoms with E-state index in [2.05, 4.69) is 9.97 Å². The van der Waals surface area contributed by atoms with Gasteiger partial charge in [-0.3, -0.25) is 4.79 Å². The lowest BCUT2D eigenvalue weighted by molar-refractivity contribution is 0.0815. The Bertz CT molecular complexity index is 295. The number of amides is 1. The van der Waals surface area contributed by atoms with Gasteiger partial charge in [0.1, 0.15) is 0 Å². The second kappa shape index (κ2) is 3.84.